The molecule has 10 heavy (non-hydrogen) atoms. The Hall–Kier alpha value is -1.32. The lowest BCUT2D eigenvalue weighted by Gasteiger charge is -1.84. The first-order valence-electron chi connectivity index (χ1n) is 2.80. The summed E-state index contributed by atoms with van der Waals surface area (Å²) >= 11 is 0. The van der Waals surface area contributed by atoms with E-state index in [0.29, 0.717) is 11.4 Å². The first-order valence-corrected chi connectivity index (χ1v) is 2.80. The van der Waals surface area contributed by atoms with Crippen LogP contribution >= 0.6 is 0 Å². The number of nitrogens with one attached hydrogen (secondary N) is 2. The van der Waals surface area contributed by atoms with Crippen LogP contribution in [0.3, 0.4) is 0 Å². The molecule has 0 aromatic rings. The van der Waals surface area contributed by atoms with Crippen molar-refractivity contribution in [1.29, 1.82) is 10.8 Å². The highest BCUT2D eigenvalue weighted by Gasteiger charge is 1.81. The van der Waals surface area contributed by atoms with Gasteiger partial charge in [0.25, 0.3) is 0 Å². The molecule has 0 spiro atoms. The van der Waals surface area contributed by atoms with E-state index in [4.69, 9.17) is 10.8 Å². The minimum atomic E-state index is 0.529. The molecular weight excluding hydrogens is 128 g/mol. The van der Waals surface area contributed by atoms with Gasteiger partial charge in [0.1, 0.15) is 0 Å². The van der Waals surface area contributed by atoms with Crippen LogP contribution in [0.25, 0.3) is 0 Å². The number of hydrogen-bond donors (Lipinski definition) is 2. The fraction of sp³-hybridized carbons (Fsp3) is 0.333. The Balaban J connectivity index is 4.16. The van der Waals surface area contributed by atoms with Gasteiger partial charge in [0, 0.05) is 12.4 Å². The maximum Gasteiger partial charge on any atom is 0.0774 e. The molecule has 0 atom stereocenters. The molecule has 0 fully saturated rings. The fourth-order valence-electron chi connectivity index (χ4n) is 0.215. The summed E-state index contributed by atoms with van der Waals surface area (Å²) in [5.41, 5.74) is 1.06. The number of nitrogens with zero attached hydrogens (tertiary/aromatic N) is 2. The van der Waals surface area contributed by atoms with Crippen molar-refractivity contribution >= 4 is 23.9 Å². The minimum absolute atomic E-state index is 0.529. The van der Waals surface area contributed by atoms with Crippen LogP contribution in [-0.2, 0) is 0 Å². The molecule has 0 bridgehead atoms. The first kappa shape index (κ1) is 8.68. The van der Waals surface area contributed by atoms with E-state index < -0.39 is 0 Å². The highest BCUT2D eigenvalue weighted by atomic mass is 15.2. The standard InChI is InChI=1S/C6H10N4/c1-5(3-7)9-10-6(2)4-8/h3-4,7-8H,1-2H3/b7-3?,8-4?,9-5+,10-6+. The molecule has 0 aromatic carbocycles. The zero-order valence-corrected chi connectivity index (χ0v) is 6.05. The second-order valence-corrected chi connectivity index (χ2v) is 1.77. The number of hydrogen-bond acceptors (Lipinski definition) is 4. The molecule has 4 nitrogen and oxygen atoms in total. The van der Waals surface area contributed by atoms with Crippen molar-refractivity contribution in [2.45, 2.75) is 13.8 Å². The summed E-state index contributed by atoms with van der Waals surface area (Å²) in [4.78, 5) is 0. The normalized spacial score (nSPS) is 13.0. The Kier molecular flexibility index (Phi) is 3.95. The Bertz CT molecular complexity index is 168. The van der Waals surface area contributed by atoms with Gasteiger partial charge in [-0.25, -0.2) is 0 Å². The van der Waals surface area contributed by atoms with Gasteiger partial charge in [-0.15, -0.1) is 0 Å². The summed E-state index contributed by atoms with van der Waals surface area (Å²) in [6.45, 7) is 3.35. The van der Waals surface area contributed by atoms with Gasteiger partial charge in [-0.05, 0) is 13.8 Å². The second kappa shape index (κ2) is 4.55. The molecular formula is C6H10N4. The molecule has 54 valence electrons. The van der Waals surface area contributed by atoms with Crippen LogP contribution in [0.15, 0.2) is 10.2 Å². The zero-order chi connectivity index (χ0) is 7.98. The van der Waals surface area contributed by atoms with Crippen LogP contribution in [0.5, 0.6) is 0 Å². The van der Waals surface area contributed by atoms with Gasteiger partial charge in [-0.1, -0.05) is 0 Å². The lowest BCUT2D eigenvalue weighted by molar-refractivity contribution is 1.24. The molecule has 0 heterocycles. The van der Waals surface area contributed by atoms with Crippen LogP contribution in [0.4, 0.5) is 0 Å². The maximum absolute atomic E-state index is 6.73. The molecule has 0 rings (SSSR count). The highest BCUT2D eigenvalue weighted by Crippen LogP contribution is 1.77. The molecule has 0 aliphatic carbocycles. The smallest absolute Gasteiger partial charge is 0.0774 e. The van der Waals surface area contributed by atoms with Crippen molar-refractivity contribution in [3.63, 3.8) is 0 Å². The summed E-state index contributed by atoms with van der Waals surface area (Å²) in [5, 5.41) is 20.7. The third-order valence-electron chi connectivity index (χ3n) is 0.783. The fourth-order valence-corrected chi connectivity index (χ4v) is 0.215. The Morgan fingerprint density at radius 1 is 1.00 bits per heavy atom. The molecule has 0 aliphatic rings. The van der Waals surface area contributed by atoms with Gasteiger partial charge < -0.3 is 10.8 Å². The monoisotopic (exact) mass is 138 g/mol. The average Bonchev–Trinajstić information content (AvgIpc) is 1.99. The van der Waals surface area contributed by atoms with Gasteiger partial charge in [0.15, 0.2) is 0 Å². The van der Waals surface area contributed by atoms with E-state index in [1.54, 1.807) is 13.8 Å². The van der Waals surface area contributed by atoms with Crippen molar-refractivity contribution in [2.75, 3.05) is 0 Å². The Morgan fingerprint density at radius 2 is 1.30 bits per heavy atom. The summed E-state index contributed by atoms with van der Waals surface area (Å²) < 4.78 is 0. The predicted molar refractivity (Wildman–Crippen MR) is 43.8 cm³/mol. The van der Waals surface area contributed by atoms with E-state index in [-0.39, 0.29) is 0 Å². The van der Waals surface area contributed by atoms with Crippen molar-refractivity contribution in [2.24, 2.45) is 10.2 Å². The number of rotatable bonds is 3. The molecule has 0 unspecified atom stereocenters. The van der Waals surface area contributed by atoms with Crippen LogP contribution in [-0.4, -0.2) is 23.9 Å². The predicted octanol–water partition coefficient (Wildman–Crippen LogP) is 1.12. The van der Waals surface area contributed by atoms with Crippen LogP contribution in [0.1, 0.15) is 13.8 Å². The van der Waals surface area contributed by atoms with Gasteiger partial charge in [-0.2, -0.15) is 10.2 Å². The topological polar surface area (TPSA) is 72.4 Å². The third-order valence-corrected chi connectivity index (χ3v) is 0.783. The van der Waals surface area contributed by atoms with Gasteiger partial charge in [0.2, 0.25) is 0 Å². The molecule has 4 heteroatoms. The SMILES string of the molecule is C/C(C=N)=N\N=C(/C)C=N. The average molecular weight is 138 g/mol. The minimum Gasteiger partial charge on any atom is -0.307 e. The van der Waals surface area contributed by atoms with Crippen LogP contribution < -0.4 is 0 Å². The largest absolute Gasteiger partial charge is 0.307 e. The van der Waals surface area contributed by atoms with Crippen molar-refractivity contribution < 1.29 is 0 Å². The quantitative estimate of drug-likeness (QED) is 0.433. The molecule has 0 radical (unpaired) electrons. The molecule has 0 saturated heterocycles. The van der Waals surface area contributed by atoms with Crippen molar-refractivity contribution in [3.05, 3.63) is 0 Å². The van der Waals surface area contributed by atoms with Gasteiger partial charge in [0.05, 0.1) is 11.4 Å². The first-order chi connectivity index (χ1) is 4.70. The lowest BCUT2D eigenvalue weighted by Crippen LogP contribution is -1.93. The maximum atomic E-state index is 6.73. The van der Waals surface area contributed by atoms with Crippen LogP contribution in [0.2, 0.25) is 0 Å². The lowest BCUT2D eigenvalue weighted by atomic mass is 10.5. The molecule has 0 aliphatic heterocycles. The van der Waals surface area contributed by atoms with Gasteiger partial charge in [-0.3, -0.25) is 0 Å². The van der Waals surface area contributed by atoms with Gasteiger partial charge >= 0.3 is 0 Å². The molecule has 2 N–H and O–H groups in total. The Morgan fingerprint density at radius 3 is 1.50 bits per heavy atom. The third kappa shape index (κ3) is 3.65. The molecule has 0 amide bonds. The summed E-state index contributed by atoms with van der Waals surface area (Å²) in [6, 6.07) is 0. The van der Waals surface area contributed by atoms with E-state index in [1.807, 2.05) is 0 Å². The van der Waals surface area contributed by atoms with E-state index in [1.165, 1.54) is 0 Å². The van der Waals surface area contributed by atoms with Crippen molar-refractivity contribution in [1.82, 2.24) is 0 Å². The van der Waals surface area contributed by atoms with E-state index in [9.17, 15) is 0 Å². The van der Waals surface area contributed by atoms with E-state index in [0.717, 1.165) is 12.4 Å². The highest BCUT2D eigenvalue weighted by molar-refractivity contribution is 6.30. The summed E-state index contributed by atoms with van der Waals surface area (Å²) in [5.74, 6) is 0. The van der Waals surface area contributed by atoms with Crippen molar-refractivity contribution in [3.8, 4) is 0 Å². The zero-order valence-electron chi connectivity index (χ0n) is 6.05. The summed E-state index contributed by atoms with van der Waals surface area (Å²) in [7, 11) is 0. The molecule has 0 aromatic heterocycles. The second-order valence-electron chi connectivity index (χ2n) is 1.77. The van der Waals surface area contributed by atoms with E-state index >= 15 is 0 Å². The molecule has 0 saturated carbocycles. The Labute approximate surface area is 59.7 Å². The van der Waals surface area contributed by atoms with Crippen LogP contribution in [0, 0.1) is 10.8 Å². The van der Waals surface area contributed by atoms with E-state index in [2.05, 4.69) is 10.2 Å². The summed E-state index contributed by atoms with van der Waals surface area (Å²) in [6.07, 6.45) is 2.22.